The summed E-state index contributed by atoms with van der Waals surface area (Å²) in [5, 5.41) is 33.0. The van der Waals surface area contributed by atoms with Gasteiger partial charge in [-0.1, -0.05) is 224 Å². The maximum atomic E-state index is 12.4. The number of aliphatic hydroxyl groups is 3. The Labute approximate surface area is 317 Å². The van der Waals surface area contributed by atoms with Crippen LogP contribution in [0.2, 0.25) is 0 Å². The Bertz CT molecular complexity index is 794. The highest BCUT2D eigenvalue weighted by Gasteiger charge is 2.22. The van der Waals surface area contributed by atoms with Crippen molar-refractivity contribution in [2.45, 2.75) is 244 Å². The van der Waals surface area contributed by atoms with Gasteiger partial charge in [0, 0.05) is 6.42 Å². The van der Waals surface area contributed by atoms with Gasteiger partial charge in [0.05, 0.1) is 18.8 Å². The Morgan fingerprint density at radius 1 is 0.490 bits per heavy atom. The number of aliphatic hydroxyl groups excluding tert-OH is 3. The number of allylic oxidation sites excluding steroid dienone is 4. The lowest BCUT2D eigenvalue weighted by molar-refractivity contribution is -0.131. The van der Waals surface area contributed by atoms with E-state index in [0.717, 1.165) is 25.7 Å². The van der Waals surface area contributed by atoms with E-state index in [4.69, 9.17) is 0 Å². The first-order chi connectivity index (χ1) is 25.1. The zero-order valence-electron chi connectivity index (χ0n) is 34.0. The van der Waals surface area contributed by atoms with E-state index in [1.54, 1.807) is 6.08 Å². The monoisotopic (exact) mass is 718 g/mol. The quantitative estimate of drug-likeness (QED) is 0.0375. The summed E-state index contributed by atoms with van der Waals surface area (Å²) in [4.78, 5) is 12.4. The largest absolute Gasteiger partial charge is 0.394 e. The van der Waals surface area contributed by atoms with Gasteiger partial charge in [0.25, 0.3) is 0 Å². The van der Waals surface area contributed by atoms with Crippen molar-refractivity contribution in [1.29, 1.82) is 0 Å². The molecule has 3 atom stereocenters. The minimum absolute atomic E-state index is 0.209. The van der Waals surface area contributed by atoms with Crippen LogP contribution in [0.25, 0.3) is 0 Å². The van der Waals surface area contributed by atoms with E-state index in [0.29, 0.717) is 0 Å². The molecule has 0 saturated heterocycles. The SMILES string of the molecule is CCCCCCCC/C=C\C/C=C\CC(O)C(=O)NC(CO)C(O)/C=C/CCCCCCCCCCCCCCCCCCCCCCCCC. The molecule has 0 spiro atoms. The van der Waals surface area contributed by atoms with E-state index in [1.807, 2.05) is 18.2 Å². The van der Waals surface area contributed by atoms with Gasteiger partial charge in [-0.3, -0.25) is 4.79 Å². The molecule has 0 bridgehead atoms. The Balaban J connectivity index is 3.65. The van der Waals surface area contributed by atoms with Gasteiger partial charge in [0.15, 0.2) is 0 Å². The smallest absolute Gasteiger partial charge is 0.249 e. The van der Waals surface area contributed by atoms with Crippen molar-refractivity contribution in [1.82, 2.24) is 5.32 Å². The van der Waals surface area contributed by atoms with Crippen LogP contribution in [-0.4, -0.2) is 46.1 Å². The van der Waals surface area contributed by atoms with Crippen LogP contribution in [0.3, 0.4) is 0 Å². The lowest BCUT2D eigenvalue weighted by Crippen LogP contribution is -2.48. The van der Waals surface area contributed by atoms with E-state index in [-0.39, 0.29) is 13.0 Å². The highest BCUT2D eigenvalue weighted by Crippen LogP contribution is 2.16. The maximum Gasteiger partial charge on any atom is 0.249 e. The Morgan fingerprint density at radius 2 is 0.843 bits per heavy atom. The van der Waals surface area contributed by atoms with E-state index in [2.05, 4.69) is 31.3 Å². The molecule has 4 N–H and O–H groups in total. The molecule has 5 heteroatoms. The molecule has 0 aliphatic rings. The van der Waals surface area contributed by atoms with Crippen LogP contribution in [0.1, 0.15) is 226 Å². The van der Waals surface area contributed by atoms with Gasteiger partial charge in [0.1, 0.15) is 6.10 Å². The van der Waals surface area contributed by atoms with Crippen molar-refractivity contribution in [3.63, 3.8) is 0 Å². The van der Waals surface area contributed by atoms with Crippen molar-refractivity contribution in [2.24, 2.45) is 0 Å². The standard InChI is InChI=1S/C46H87NO4/c1-3-5-7-9-11-13-15-17-18-19-20-21-22-23-24-25-26-27-28-29-31-32-34-36-38-40-44(49)43(42-48)47-46(51)45(50)41-39-37-35-33-30-16-14-12-10-8-6-4-2/h30,33,37-40,43-45,48-50H,3-29,31-32,34-36,41-42H2,1-2H3,(H,47,51)/b33-30-,39-37-,40-38+. The molecule has 0 aromatic rings. The van der Waals surface area contributed by atoms with Crippen LogP contribution in [0.15, 0.2) is 36.5 Å². The number of rotatable bonds is 40. The van der Waals surface area contributed by atoms with Crippen molar-refractivity contribution < 1.29 is 20.1 Å². The average Bonchev–Trinajstić information content (AvgIpc) is 3.13. The summed E-state index contributed by atoms with van der Waals surface area (Å²) in [6.07, 6.45) is 52.1. The van der Waals surface area contributed by atoms with Crippen LogP contribution in [0.5, 0.6) is 0 Å². The lowest BCUT2D eigenvalue weighted by Gasteiger charge is -2.21. The third-order valence-electron chi connectivity index (χ3n) is 10.2. The van der Waals surface area contributed by atoms with Crippen LogP contribution in [0, 0.1) is 0 Å². The summed E-state index contributed by atoms with van der Waals surface area (Å²) < 4.78 is 0. The summed E-state index contributed by atoms with van der Waals surface area (Å²) in [6.45, 7) is 4.14. The van der Waals surface area contributed by atoms with Crippen LogP contribution >= 0.6 is 0 Å². The predicted molar refractivity (Wildman–Crippen MR) is 222 cm³/mol. The maximum absolute atomic E-state index is 12.4. The predicted octanol–water partition coefficient (Wildman–Crippen LogP) is 12.8. The fourth-order valence-corrected chi connectivity index (χ4v) is 6.70. The van der Waals surface area contributed by atoms with Gasteiger partial charge in [0.2, 0.25) is 5.91 Å². The normalized spacial score (nSPS) is 13.9. The molecule has 0 aliphatic carbocycles. The molecular weight excluding hydrogens is 631 g/mol. The highest BCUT2D eigenvalue weighted by atomic mass is 16.3. The van der Waals surface area contributed by atoms with Gasteiger partial charge < -0.3 is 20.6 Å². The first-order valence-corrected chi connectivity index (χ1v) is 22.3. The van der Waals surface area contributed by atoms with Crippen molar-refractivity contribution >= 4 is 5.91 Å². The highest BCUT2D eigenvalue weighted by molar-refractivity contribution is 5.81. The minimum atomic E-state index is -1.20. The molecule has 0 rings (SSSR count). The molecular formula is C46H87NO4. The average molecular weight is 718 g/mol. The van der Waals surface area contributed by atoms with Crippen LogP contribution in [-0.2, 0) is 4.79 Å². The number of hydrogen-bond acceptors (Lipinski definition) is 4. The van der Waals surface area contributed by atoms with Gasteiger partial charge in [-0.2, -0.15) is 0 Å². The van der Waals surface area contributed by atoms with Crippen molar-refractivity contribution in [3.8, 4) is 0 Å². The molecule has 0 aromatic carbocycles. The zero-order valence-corrected chi connectivity index (χ0v) is 34.0. The fourth-order valence-electron chi connectivity index (χ4n) is 6.70. The second kappa shape index (κ2) is 41.3. The topological polar surface area (TPSA) is 89.8 Å². The van der Waals surface area contributed by atoms with E-state index >= 15 is 0 Å². The fraction of sp³-hybridized carbons (Fsp3) is 0.848. The zero-order chi connectivity index (χ0) is 37.3. The number of hydrogen-bond donors (Lipinski definition) is 4. The first-order valence-electron chi connectivity index (χ1n) is 22.3. The van der Waals surface area contributed by atoms with Crippen LogP contribution in [0.4, 0.5) is 0 Å². The molecule has 0 aliphatic heterocycles. The molecule has 300 valence electrons. The molecule has 5 nitrogen and oxygen atoms in total. The Hall–Kier alpha value is -1.43. The third-order valence-corrected chi connectivity index (χ3v) is 10.2. The lowest BCUT2D eigenvalue weighted by atomic mass is 10.0. The van der Waals surface area contributed by atoms with Crippen molar-refractivity contribution in [2.75, 3.05) is 6.61 Å². The number of unbranched alkanes of at least 4 members (excludes halogenated alkanes) is 29. The summed E-state index contributed by atoms with van der Waals surface area (Å²) in [6, 6.07) is -0.827. The molecule has 1 amide bonds. The van der Waals surface area contributed by atoms with E-state index in [1.165, 1.54) is 180 Å². The first kappa shape index (κ1) is 49.6. The summed E-state index contributed by atoms with van der Waals surface area (Å²) >= 11 is 0. The molecule has 0 radical (unpaired) electrons. The molecule has 0 fully saturated rings. The second-order valence-corrected chi connectivity index (χ2v) is 15.3. The second-order valence-electron chi connectivity index (χ2n) is 15.3. The summed E-state index contributed by atoms with van der Waals surface area (Å²) in [7, 11) is 0. The van der Waals surface area contributed by atoms with Gasteiger partial charge in [-0.15, -0.1) is 0 Å². The molecule has 0 aromatic heterocycles. The number of amides is 1. The molecule has 3 unspecified atom stereocenters. The number of carbonyl (C=O) groups is 1. The molecule has 51 heavy (non-hydrogen) atoms. The number of nitrogens with one attached hydrogen (secondary N) is 1. The van der Waals surface area contributed by atoms with Gasteiger partial charge in [-0.25, -0.2) is 0 Å². The van der Waals surface area contributed by atoms with E-state index < -0.39 is 24.2 Å². The molecule has 0 saturated carbocycles. The Morgan fingerprint density at radius 3 is 1.24 bits per heavy atom. The minimum Gasteiger partial charge on any atom is -0.394 e. The summed E-state index contributed by atoms with van der Waals surface area (Å²) in [5.41, 5.74) is 0. The Kier molecular flexibility index (Phi) is 40.2. The van der Waals surface area contributed by atoms with Gasteiger partial charge >= 0.3 is 0 Å². The third kappa shape index (κ3) is 36.7. The molecule has 0 heterocycles. The summed E-state index contributed by atoms with van der Waals surface area (Å²) in [5.74, 6) is -0.570. The number of carbonyl (C=O) groups excluding carboxylic acids is 1. The van der Waals surface area contributed by atoms with Crippen LogP contribution < -0.4 is 5.32 Å². The van der Waals surface area contributed by atoms with Gasteiger partial charge in [-0.05, 0) is 32.1 Å². The van der Waals surface area contributed by atoms with E-state index in [9.17, 15) is 20.1 Å². The van der Waals surface area contributed by atoms with Crippen molar-refractivity contribution in [3.05, 3.63) is 36.5 Å².